The zero-order valence-corrected chi connectivity index (χ0v) is 28.9. The quantitative estimate of drug-likeness (QED) is 0.208. The van der Waals surface area contributed by atoms with E-state index in [0.29, 0.717) is 28.7 Å². The molecule has 0 aliphatic heterocycles. The van der Waals surface area contributed by atoms with Crippen LogP contribution in [0.1, 0.15) is 132 Å². The van der Waals surface area contributed by atoms with Gasteiger partial charge in [0.1, 0.15) is 0 Å². The van der Waals surface area contributed by atoms with Crippen LogP contribution in [0.2, 0.25) is 0 Å². The fraction of sp³-hybridized carbons (Fsp3) is 0.971. The van der Waals surface area contributed by atoms with Crippen molar-refractivity contribution in [1.82, 2.24) is 10.6 Å². The second-order valence-corrected chi connectivity index (χ2v) is 17.4. The van der Waals surface area contributed by atoms with Gasteiger partial charge < -0.3 is 10.6 Å². The van der Waals surface area contributed by atoms with E-state index in [4.69, 9.17) is 0 Å². The van der Waals surface area contributed by atoms with E-state index in [0.717, 1.165) is 54.4 Å². The van der Waals surface area contributed by atoms with Gasteiger partial charge in [-0.2, -0.15) is 11.8 Å². The van der Waals surface area contributed by atoms with E-state index in [1.807, 2.05) is 11.8 Å². The van der Waals surface area contributed by atoms with Crippen LogP contribution in [-0.4, -0.2) is 36.0 Å². The lowest BCUT2D eigenvalue weighted by molar-refractivity contribution is -0.127. The predicted molar refractivity (Wildman–Crippen MR) is 177 cm³/mol. The topological polar surface area (TPSA) is 41.1 Å². The Morgan fingerprint density at radius 1 is 0.875 bits per heavy atom. The molecule has 0 spiro atoms. The molecule has 2 N–H and O–H groups in total. The Hall–Kier alpha value is 0.0700. The number of rotatable bonds is 13. The van der Waals surface area contributed by atoms with Crippen molar-refractivity contribution >= 4 is 30.1 Å². The number of thioether (sulfide) groups is 1. The summed E-state index contributed by atoms with van der Waals surface area (Å²) in [5.41, 5.74) is 1.09. The summed E-state index contributed by atoms with van der Waals surface area (Å²) in [5, 5.41) is 7.50. The van der Waals surface area contributed by atoms with E-state index >= 15 is 0 Å². The van der Waals surface area contributed by atoms with Gasteiger partial charge in [-0.25, -0.2) is 0 Å². The molecule has 40 heavy (non-hydrogen) atoms. The van der Waals surface area contributed by atoms with Gasteiger partial charge in [-0.3, -0.25) is 4.79 Å². The van der Waals surface area contributed by atoms with Crippen LogP contribution in [0.4, 0.5) is 0 Å². The summed E-state index contributed by atoms with van der Waals surface area (Å²) in [5.74, 6) is 7.73. The van der Waals surface area contributed by atoms with Crippen LogP contribution in [0, 0.1) is 52.3 Å². The van der Waals surface area contributed by atoms with Gasteiger partial charge in [0.2, 0.25) is 5.91 Å². The predicted octanol–water partition coefficient (Wildman–Crippen LogP) is 9.14. The number of carbonyl (C=O) groups excluding carboxylic acids is 1. The summed E-state index contributed by atoms with van der Waals surface area (Å²) >= 11 is 2.01. The Morgan fingerprint density at radius 3 is 2.33 bits per heavy atom. The minimum Gasteiger partial charge on any atom is -0.352 e. The first-order valence-electron chi connectivity index (χ1n) is 17.2. The molecule has 9 unspecified atom stereocenters. The van der Waals surface area contributed by atoms with E-state index in [2.05, 4.69) is 59.1 Å². The molecule has 0 saturated heterocycles. The van der Waals surface area contributed by atoms with Crippen LogP contribution in [0.3, 0.4) is 0 Å². The lowest BCUT2D eigenvalue weighted by Crippen LogP contribution is -2.56. The summed E-state index contributed by atoms with van der Waals surface area (Å²) in [6, 6.07) is 0.391. The monoisotopic (exact) mass is 596 g/mol. The van der Waals surface area contributed by atoms with Crippen molar-refractivity contribution in [3.05, 3.63) is 0 Å². The highest BCUT2D eigenvalue weighted by atomic mass is 35.5. The molecule has 4 aliphatic carbocycles. The Labute approximate surface area is 259 Å². The Bertz CT molecular complexity index is 791. The normalized spacial score (nSPS) is 37.8. The van der Waals surface area contributed by atoms with Crippen LogP contribution >= 0.6 is 24.2 Å². The van der Waals surface area contributed by atoms with Crippen molar-refractivity contribution < 1.29 is 4.79 Å². The maximum Gasteiger partial charge on any atom is 0.234 e. The molecule has 0 heterocycles. The van der Waals surface area contributed by atoms with Gasteiger partial charge in [0.15, 0.2) is 0 Å². The van der Waals surface area contributed by atoms with Crippen molar-refractivity contribution in [2.75, 3.05) is 18.8 Å². The van der Waals surface area contributed by atoms with Crippen LogP contribution in [-0.2, 0) is 4.79 Å². The van der Waals surface area contributed by atoms with Gasteiger partial charge >= 0.3 is 0 Å². The molecule has 4 aliphatic rings. The summed E-state index contributed by atoms with van der Waals surface area (Å²) in [7, 11) is 0. The van der Waals surface area contributed by atoms with E-state index in [-0.39, 0.29) is 18.3 Å². The molecule has 5 heteroatoms. The first kappa shape index (κ1) is 34.6. The zero-order chi connectivity index (χ0) is 28.2. The van der Waals surface area contributed by atoms with Crippen molar-refractivity contribution in [2.45, 2.75) is 143 Å². The molecule has 0 aromatic carbocycles. The van der Waals surface area contributed by atoms with Gasteiger partial charge in [0.25, 0.3) is 0 Å². The van der Waals surface area contributed by atoms with Crippen LogP contribution < -0.4 is 10.6 Å². The van der Waals surface area contributed by atoms with Crippen molar-refractivity contribution in [2.24, 2.45) is 52.3 Å². The molecule has 1 amide bonds. The third kappa shape index (κ3) is 7.96. The molecular weight excluding hydrogens is 532 g/mol. The molecule has 4 saturated carbocycles. The first-order valence-corrected chi connectivity index (χ1v) is 18.2. The van der Waals surface area contributed by atoms with E-state index < -0.39 is 0 Å². The molecule has 9 atom stereocenters. The molecule has 234 valence electrons. The van der Waals surface area contributed by atoms with Gasteiger partial charge in [0, 0.05) is 6.04 Å². The van der Waals surface area contributed by atoms with Crippen molar-refractivity contribution in [3.8, 4) is 0 Å². The molecule has 4 fully saturated rings. The maximum absolute atomic E-state index is 12.7. The van der Waals surface area contributed by atoms with Crippen LogP contribution in [0.5, 0.6) is 0 Å². The van der Waals surface area contributed by atoms with Gasteiger partial charge in [0.05, 0.1) is 6.54 Å². The lowest BCUT2D eigenvalue weighted by Gasteiger charge is -2.61. The fourth-order valence-corrected chi connectivity index (χ4v) is 11.2. The minimum absolute atomic E-state index is 0. The number of carbonyl (C=O) groups is 1. The van der Waals surface area contributed by atoms with E-state index in [1.165, 1.54) is 82.8 Å². The molecule has 0 radical (unpaired) electrons. The summed E-state index contributed by atoms with van der Waals surface area (Å²) < 4.78 is 0. The maximum atomic E-state index is 12.7. The summed E-state index contributed by atoms with van der Waals surface area (Å²) in [4.78, 5) is 12.7. The Balaban J connectivity index is 0.00000441. The number of nitrogens with one attached hydrogen (secondary N) is 2. The van der Waals surface area contributed by atoms with Crippen LogP contribution in [0.25, 0.3) is 0 Å². The number of halogens is 1. The Morgan fingerprint density at radius 2 is 1.60 bits per heavy atom. The Kier molecular flexibility index (Phi) is 13.1. The largest absolute Gasteiger partial charge is 0.352 e. The minimum atomic E-state index is 0. The number of hydrogen-bond acceptors (Lipinski definition) is 3. The number of amides is 1. The van der Waals surface area contributed by atoms with Crippen LogP contribution in [0.15, 0.2) is 0 Å². The van der Waals surface area contributed by atoms with Gasteiger partial charge in [-0.1, -0.05) is 67.7 Å². The second kappa shape index (κ2) is 15.2. The summed E-state index contributed by atoms with van der Waals surface area (Å²) in [6.07, 6.45) is 17.9. The van der Waals surface area contributed by atoms with Crippen molar-refractivity contribution in [1.29, 1.82) is 0 Å². The molecule has 0 bridgehead atoms. The SMILES string of the molecule is CC(C)CCCC(C)C1CCC2C3CCC4CC(NC(=O)CNCCCSC(C)C)CCC4(C)C3CCC12C.Cl. The van der Waals surface area contributed by atoms with Crippen molar-refractivity contribution in [3.63, 3.8) is 0 Å². The standard InChI is InChI=1S/C35H64N2OS.ClH/c1-24(2)10-8-11-26(5)30-14-15-31-29-13-12-27-22-28(37-33(38)23-36-20-9-21-39-25(3)4)16-18-34(27,6)32(29)17-19-35(30,31)7;/h24-32,36H,8-23H2,1-7H3,(H,37,38);1H. The van der Waals surface area contributed by atoms with Gasteiger partial charge in [-0.05, 0) is 134 Å². The molecule has 4 rings (SSSR count). The average molecular weight is 597 g/mol. The molecule has 0 aromatic heterocycles. The second-order valence-electron chi connectivity index (χ2n) is 15.7. The summed E-state index contributed by atoms with van der Waals surface area (Å²) in [6.45, 7) is 18.7. The smallest absolute Gasteiger partial charge is 0.234 e. The third-order valence-electron chi connectivity index (χ3n) is 12.5. The number of fused-ring (bicyclic) bond motifs is 5. The zero-order valence-electron chi connectivity index (χ0n) is 27.2. The first-order chi connectivity index (χ1) is 18.5. The average Bonchev–Trinajstić information content (AvgIpc) is 3.23. The highest BCUT2D eigenvalue weighted by Crippen LogP contribution is 2.68. The van der Waals surface area contributed by atoms with E-state index in [9.17, 15) is 4.79 Å². The molecule has 0 aromatic rings. The highest BCUT2D eigenvalue weighted by molar-refractivity contribution is 7.99. The number of hydrogen-bond donors (Lipinski definition) is 2. The highest BCUT2D eigenvalue weighted by Gasteiger charge is 2.60. The molecular formula is C35H65ClN2OS. The third-order valence-corrected chi connectivity index (χ3v) is 13.7. The van der Waals surface area contributed by atoms with E-state index in [1.54, 1.807) is 0 Å². The molecule has 3 nitrogen and oxygen atoms in total. The van der Waals surface area contributed by atoms with Gasteiger partial charge in [-0.15, -0.1) is 12.4 Å². The fourth-order valence-electron chi connectivity index (χ4n) is 10.4. The lowest BCUT2D eigenvalue weighted by atomic mass is 9.44.